The quantitative estimate of drug-likeness (QED) is 0.752. The van der Waals surface area contributed by atoms with Crippen molar-refractivity contribution in [3.05, 3.63) is 24.2 Å². The van der Waals surface area contributed by atoms with Gasteiger partial charge in [0.05, 0.1) is 12.5 Å². The van der Waals surface area contributed by atoms with E-state index < -0.39 is 0 Å². The Kier molecular flexibility index (Phi) is 4.23. The lowest BCUT2D eigenvalue weighted by Gasteiger charge is -2.37. The average molecular weight is 249 g/mol. The Balaban J connectivity index is 1.91. The molecule has 18 heavy (non-hydrogen) atoms. The van der Waals surface area contributed by atoms with Crippen molar-refractivity contribution < 1.29 is 9.21 Å². The van der Waals surface area contributed by atoms with Gasteiger partial charge in [-0.1, -0.05) is 6.92 Å². The van der Waals surface area contributed by atoms with Crippen molar-refractivity contribution in [1.29, 1.82) is 0 Å². The number of hydrogen-bond donors (Lipinski definition) is 0. The van der Waals surface area contributed by atoms with Crippen LogP contribution in [0, 0.1) is 11.3 Å². The number of rotatable bonds is 5. The minimum Gasteiger partial charge on any atom is -0.472 e. The van der Waals surface area contributed by atoms with E-state index in [1.165, 1.54) is 24.7 Å². The molecular weight excluding hydrogens is 226 g/mol. The van der Waals surface area contributed by atoms with Crippen LogP contribution in [0.5, 0.6) is 0 Å². The number of nitrogens with zero attached hydrogens (tertiary/aromatic N) is 1. The normalized spacial score (nSPS) is 28.5. The lowest BCUT2D eigenvalue weighted by atomic mass is 9.71. The molecule has 2 rings (SSSR count). The molecule has 3 nitrogen and oxygen atoms in total. The molecule has 0 atom stereocenters. The first-order valence-electron chi connectivity index (χ1n) is 6.79. The molecule has 0 saturated heterocycles. The fraction of sp³-hybridized carbons (Fsp3) is 0.667. The first kappa shape index (κ1) is 13.3. The van der Waals surface area contributed by atoms with E-state index in [-0.39, 0.29) is 5.41 Å². The Bertz CT molecular complexity index is 364. The molecule has 0 N–H and O–H groups in total. The van der Waals surface area contributed by atoms with Crippen LogP contribution in [0.4, 0.5) is 0 Å². The van der Waals surface area contributed by atoms with E-state index in [4.69, 9.17) is 4.42 Å². The van der Waals surface area contributed by atoms with Gasteiger partial charge in [0, 0.05) is 24.1 Å². The lowest BCUT2D eigenvalue weighted by Crippen LogP contribution is -2.39. The maximum atomic E-state index is 11.5. The SMILES string of the molecule is CC1CCC(C=O)(CN(C)Cc2ccoc2)CC1. The molecule has 1 aliphatic carbocycles. The van der Waals surface area contributed by atoms with Gasteiger partial charge in [0.25, 0.3) is 0 Å². The van der Waals surface area contributed by atoms with Crippen LogP contribution in [0.25, 0.3) is 0 Å². The van der Waals surface area contributed by atoms with E-state index in [9.17, 15) is 4.79 Å². The second kappa shape index (κ2) is 5.70. The highest BCUT2D eigenvalue weighted by molar-refractivity contribution is 5.60. The fourth-order valence-electron chi connectivity index (χ4n) is 2.94. The molecule has 0 amide bonds. The van der Waals surface area contributed by atoms with Gasteiger partial charge in [-0.2, -0.15) is 0 Å². The van der Waals surface area contributed by atoms with Crippen molar-refractivity contribution in [2.24, 2.45) is 11.3 Å². The number of aldehydes is 1. The molecule has 0 aromatic carbocycles. The fourth-order valence-corrected chi connectivity index (χ4v) is 2.94. The van der Waals surface area contributed by atoms with Crippen molar-refractivity contribution in [2.45, 2.75) is 39.2 Å². The molecular formula is C15H23NO2. The summed E-state index contributed by atoms with van der Waals surface area (Å²) in [4.78, 5) is 13.7. The Labute approximate surface area is 109 Å². The summed E-state index contributed by atoms with van der Waals surface area (Å²) in [5.41, 5.74) is 1.05. The standard InChI is InChI=1S/C15H23NO2/c1-13-3-6-15(12-17,7-4-13)11-16(2)9-14-5-8-18-10-14/h5,8,10,12-13H,3-4,6-7,9,11H2,1-2H3. The van der Waals surface area contributed by atoms with Crippen LogP contribution < -0.4 is 0 Å². The number of furan rings is 1. The molecule has 100 valence electrons. The van der Waals surface area contributed by atoms with Gasteiger partial charge < -0.3 is 14.1 Å². The van der Waals surface area contributed by atoms with Gasteiger partial charge in [-0.15, -0.1) is 0 Å². The Hall–Kier alpha value is -1.09. The van der Waals surface area contributed by atoms with E-state index in [1.54, 1.807) is 12.5 Å². The number of carbonyl (C=O) groups excluding carboxylic acids is 1. The Morgan fingerprint density at radius 1 is 1.50 bits per heavy atom. The average Bonchev–Trinajstić information content (AvgIpc) is 2.85. The van der Waals surface area contributed by atoms with E-state index in [0.717, 1.165) is 31.8 Å². The van der Waals surface area contributed by atoms with Gasteiger partial charge in [0.15, 0.2) is 0 Å². The van der Waals surface area contributed by atoms with Gasteiger partial charge in [0.2, 0.25) is 0 Å². The number of carbonyl (C=O) groups is 1. The molecule has 0 unspecified atom stereocenters. The van der Waals surface area contributed by atoms with Crippen LogP contribution in [0.3, 0.4) is 0 Å². The molecule has 3 heteroatoms. The Morgan fingerprint density at radius 3 is 2.78 bits per heavy atom. The molecule has 1 saturated carbocycles. The van der Waals surface area contributed by atoms with Crippen LogP contribution in [0.1, 0.15) is 38.2 Å². The second-order valence-electron chi connectivity index (χ2n) is 5.97. The Morgan fingerprint density at radius 2 is 2.22 bits per heavy atom. The molecule has 0 spiro atoms. The predicted octanol–water partition coefficient (Wildman–Crippen LogP) is 3.11. The van der Waals surface area contributed by atoms with Crippen molar-refractivity contribution in [3.8, 4) is 0 Å². The van der Waals surface area contributed by atoms with Gasteiger partial charge in [-0.25, -0.2) is 0 Å². The maximum absolute atomic E-state index is 11.5. The third-order valence-corrected chi connectivity index (χ3v) is 4.14. The highest BCUT2D eigenvalue weighted by Gasteiger charge is 2.34. The molecule has 1 aromatic rings. The van der Waals surface area contributed by atoms with Crippen LogP contribution in [0.15, 0.2) is 23.0 Å². The largest absolute Gasteiger partial charge is 0.472 e. The van der Waals surface area contributed by atoms with Crippen molar-refractivity contribution in [3.63, 3.8) is 0 Å². The summed E-state index contributed by atoms with van der Waals surface area (Å²) < 4.78 is 5.07. The molecule has 0 bridgehead atoms. The highest BCUT2D eigenvalue weighted by atomic mass is 16.3. The van der Waals surface area contributed by atoms with Gasteiger partial charge in [-0.3, -0.25) is 0 Å². The van der Waals surface area contributed by atoms with E-state index in [2.05, 4.69) is 18.9 Å². The van der Waals surface area contributed by atoms with Crippen LogP contribution in [0.2, 0.25) is 0 Å². The zero-order valence-electron chi connectivity index (χ0n) is 11.4. The third kappa shape index (κ3) is 3.22. The van der Waals surface area contributed by atoms with Crippen LogP contribution in [-0.2, 0) is 11.3 Å². The summed E-state index contributed by atoms with van der Waals surface area (Å²) in [6.45, 7) is 3.99. The topological polar surface area (TPSA) is 33.5 Å². The van der Waals surface area contributed by atoms with Gasteiger partial charge in [0.1, 0.15) is 6.29 Å². The van der Waals surface area contributed by atoms with Gasteiger partial charge in [-0.05, 0) is 44.7 Å². The van der Waals surface area contributed by atoms with Gasteiger partial charge >= 0.3 is 0 Å². The second-order valence-corrected chi connectivity index (χ2v) is 5.97. The third-order valence-electron chi connectivity index (χ3n) is 4.14. The predicted molar refractivity (Wildman–Crippen MR) is 71.2 cm³/mol. The summed E-state index contributed by atoms with van der Waals surface area (Å²) in [5, 5.41) is 0. The monoisotopic (exact) mass is 249 g/mol. The van der Waals surface area contributed by atoms with Crippen molar-refractivity contribution in [2.75, 3.05) is 13.6 Å². The molecule has 1 heterocycles. The first-order chi connectivity index (χ1) is 8.63. The summed E-state index contributed by atoms with van der Waals surface area (Å²) in [5.74, 6) is 0.775. The molecule has 1 aliphatic rings. The summed E-state index contributed by atoms with van der Waals surface area (Å²) in [6, 6.07) is 1.98. The molecule has 0 aliphatic heterocycles. The van der Waals surface area contributed by atoms with E-state index in [1.807, 2.05) is 6.07 Å². The summed E-state index contributed by atoms with van der Waals surface area (Å²) in [7, 11) is 2.08. The first-order valence-corrected chi connectivity index (χ1v) is 6.79. The summed E-state index contributed by atoms with van der Waals surface area (Å²) in [6.07, 6.45) is 9.09. The highest BCUT2D eigenvalue weighted by Crippen LogP contribution is 2.37. The zero-order valence-corrected chi connectivity index (χ0v) is 11.4. The lowest BCUT2D eigenvalue weighted by molar-refractivity contribution is -0.119. The van der Waals surface area contributed by atoms with Crippen LogP contribution in [-0.4, -0.2) is 24.8 Å². The molecule has 0 radical (unpaired) electrons. The van der Waals surface area contributed by atoms with E-state index in [0.29, 0.717) is 0 Å². The van der Waals surface area contributed by atoms with Crippen molar-refractivity contribution in [1.82, 2.24) is 4.90 Å². The minimum atomic E-state index is -0.120. The van der Waals surface area contributed by atoms with E-state index >= 15 is 0 Å². The summed E-state index contributed by atoms with van der Waals surface area (Å²) >= 11 is 0. The number of hydrogen-bond acceptors (Lipinski definition) is 3. The van der Waals surface area contributed by atoms with Crippen LogP contribution >= 0.6 is 0 Å². The minimum absolute atomic E-state index is 0.120. The maximum Gasteiger partial charge on any atom is 0.127 e. The molecule has 1 aromatic heterocycles. The molecule has 1 fully saturated rings. The zero-order chi connectivity index (χ0) is 13.0. The van der Waals surface area contributed by atoms with Crippen molar-refractivity contribution >= 4 is 6.29 Å². The smallest absolute Gasteiger partial charge is 0.127 e.